The third-order valence-electron chi connectivity index (χ3n) is 3.34. The minimum absolute atomic E-state index is 0.227. The molecule has 1 rings (SSSR count). The van der Waals surface area contributed by atoms with Crippen LogP contribution < -0.4 is 0 Å². The molecular formula is C14H27N3O. The van der Waals surface area contributed by atoms with Crippen molar-refractivity contribution in [2.45, 2.75) is 58.7 Å². The summed E-state index contributed by atoms with van der Waals surface area (Å²) in [5, 5.41) is 13.9. The molecule has 4 nitrogen and oxygen atoms in total. The first kappa shape index (κ1) is 15.2. The van der Waals surface area contributed by atoms with Crippen molar-refractivity contribution < 1.29 is 5.11 Å². The van der Waals surface area contributed by atoms with Gasteiger partial charge in [0.25, 0.3) is 0 Å². The van der Waals surface area contributed by atoms with E-state index in [0.717, 1.165) is 38.0 Å². The van der Waals surface area contributed by atoms with Gasteiger partial charge in [-0.05, 0) is 39.3 Å². The lowest BCUT2D eigenvalue weighted by Crippen LogP contribution is -2.22. The standard InChI is InChI=1S/C14H27N3O/c1-5-14(6-2)17-10-8-13(15-17)11-16(4)9-7-12(3)18/h8,10,12,14,18H,5-7,9,11H2,1-4H3. The summed E-state index contributed by atoms with van der Waals surface area (Å²) in [4.78, 5) is 2.20. The van der Waals surface area contributed by atoms with E-state index in [2.05, 4.69) is 47.8 Å². The van der Waals surface area contributed by atoms with Gasteiger partial charge in [-0.1, -0.05) is 13.8 Å². The second-order valence-electron chi connectivity index (χ2n) is 5.13. The van der Waals surface area contributed by atoms with E-state index in [1.54, 1.807) is 0 Å². The number of hydrogen-bond donors (Lipinski definition) is 1. The lowest BCUT2D eigenvalue weighted by molar-refractivity contribution is 0.162. The Kier molecular flexibility index (Phi) is 6.36. The zero-order valence-corrected chi connectivity index (χ0v) is 12.1. The molecular weight excluding hydrogens is 226 g/mol. The molecule has 0 bridgehead atoms. The van der Waals surface area contributed by atoms with Crippen LogP contribution in [0.3, 0.4) is 0 Å². The summed E-state index contributed by atoms with van der Waals surface area (Å²) in [6, 6.07) is 2.61. The molecule has 0 amide bonds. The highest BCUT2D eigenvalue weighted by Gasteiger charge is 2.09. The van der Waals surface area contributed by atoms with Crippen molar-refractivity contribution in [3.63, 3.8) is 0 Å². The van der Waals surface area contributed by atoms with E-state index < -0.39 is 0 Å². The Morgan fingerprint density at radius 1 is 1.39 bits per heavy atom. The summed E-state index contributed by atoms with van der Waals surface area (Å²) < 4.78 is 2.08. The molecule has 0 spiro atoms. The maximum Gasteiger partial charge on any atom is 0.0764 e. The van der Waals surface area contributed by atoms with Crippen molar-refractivity contribution in [2.24, 2.45) is 0 Å². The highest BCUT2D eigenvalue weighted by Crippen LogP contribution is 2.14. The average Bonchev–Trinajstić information content (AvgIpc) is 2.76. The number of aliphatic hydroxyl groups excluding tert-OH is 1. The lowest BCUT2D eigenvalue weighted by atomic mass is 10.2. The lowest BCUT2D eigenvalue weighted by Gasteiger charge is -2.16. The van der Waals surface area contributed by atoms with Crippen LogP contribution in [0.1, 0.15) is 51.8 Å². The molecule has 0 fully saturated rings. The number of rotatable bonds is 8. The van der Waals surface area contributed by atoms with E-state index in [9.17, 15) is 5.11 Å². The van der Waals surface area contributed by atoms with Gasteiger partial charge in [0, 0.05) is 19.3 Å². The van der Waals surface area contributed by atoms with Crippen molar-refractivity contribution in [1.29, 1.82) is 0 Å². The molecule has 0 aliphatic rings. The highest BCUT2D eigenvalue weighted by molar-refractivity contribution is 4.99. The summed E-state index contributed by atoms with van der Waals surface area (Å²) >= 11 is 0. The predicted molar refractivity (Wildman–Crippen MR) is 74.5 cm³/mol. The van der Waals surface area contributed by atoms with Crippen molar-refractivity contribution in [2.75, 3.05) is 13.6 Å². The smallest absolute Gasteiger partial charge is 0.0764 e. The maximum absolute atomic E-state index is 9.26. The summed E-state index contributed by atoms with van der Waals surface area (Å²) in [7, 11) is 2.07. The molecule has 0 saturated heterocycles. The molecule has 0 saturated carbocycles. The Labute approximate surface area is 111 Å². The van der Waals surface area contributed by atoms with Gasteiger partial charge in [0.1, 0.15) is 0 Å². The number of hydrogen-bond acceptors (Lipinski definition) is 3. The molecule has 18 heavy (non-hydrogen) atoms. The monoisotopic (exact) mass is 253 g/mol. The quantitative estimate of drug-likeness (QED) is 0.773. The van der Waals surface area contributed by atoms with Gasteiger partial charge in [-0.2, -0.15) is 5.10 Å². The van der Waals surface area contributed by atoms with E-state index in [-0.39, 0.29) is 6.10 Å². The zero-order valence-electron chi connectivity index (χ0n) is 12.1. The minimum Gasteiger partial charge on any atom is -0.393 e. The van der Waals surface area contributed by atoms with Crippen LogP contribution >= 0.6 is 0 Å². The third kappa shape index (κ3) is 4.78. The van der Waals surface area contributed by atoms with Gasteiger partial charge in [-0.25, -0.2) is 0 Å². The molecule has 1 heterocycles. The largest absolute Gasteiger partial charge is 0.393 e. The van der Waals surface area contributed by atoms with E-state index >= 15 is 0 Å². The van der Waals surface area contributed by atoms with Gasteiger partial charge in [-0.3, -0.25) is 4.68 Å². The van der Waals surface area contributed by atoms with Crippen LogP contribution in [0.4, 0.5) is 0 Å². The SMILES string of the molecule is CCC(CC)n1ccc(CN(C)CCC(C)O)n1. The molecule has 104 valence electrons. The maximum atomic E-state index is 9.26. The van der Waals surface area contributed by atoms with Gasteiger partial charge in [-0.15, -0.1) is 0 Å². The van der Waals surface area contributed by atoms with Gasteiger partial charge < -0.3 is 10.0 Å². The van der Waals surface area contributed by atoms with Crippen LogP contribution in [0.2, 0.25) is 0 Å². The Morgan fingerprint density at radius 2 is 2.06 bits per heavy atom. The first-order valence-corrected chi connectivity index (χ1v) is 6.97. The van der Waals surface area contributed by atoms with Gasteiger partial charge in [0.05, 0.1) is 17.8 Å². The van der Waals surface area contributed by atoms with Crippen LogP contribution in [0.25, 0.3) is 0 Å². The fraction of sp³-hybridized carbons (Fsp3) is 0.786. The second-order valence-corrected chi connectivity index (χ2v) is 5.13. The average molecular weight is 253 g/mol. The molecule has 1 N–H and O–H groups in total. The van der Waals surface area contributed by atoms with Gasteiger partial charge >= 0.3 is 0 Å². The topological polar surface area (TPSA) is 41.3 Å². The van der Waals surface area contributed by atoms with Crippen molar-refractivity contribution in [3.8, 4) is 0 Å². The molecule has 1 aromatic heterocycles. The first-order valence-electron chi connectivity index (χ1n) is 6.97. The Hall–Kier alpha value is -0.870. The van der Waals surface area contributed by atoms with Crippen LogP contribution in [0, 0.1) is 0 Å². The highest BCUT2D eigenvalue weighted by atomic mass is 16.3. The van der Waals surface area contributed by atoms with Crippen molar-refractivity contribution >= 4 is 0 Å². The first-order chi connectivity index (χ1) is 8.56. The molecule has 1 unspecified atom stereocenters. The van der Waals surface area contributed by atoms with E-state index in [4.69, 9.17) is 0 Å². The number of nitrogens with zero attached hydrogens (tertiary/aromatic N) is 3. The molecule has 4 heteroatoms. The van der Waals surface area contributed by atoms with Crippen molar-refractivity contribution in [1.82, 2.24) is 14.7 Å². The van der Waals surface area contributed by atoms with Crippen LogP contribution in [-0.4, -0.2) is 39.5 Å². The van der Waals surface area contributed by atoms with Crippen molar-refractivity contribution in [3.05, 3.63) is 18.0 Å². The fourth-order valence-corrected chi connectivity index (χ4v) is 2.09. The van der Waals surface area contributed by atoms with Crippen LogP contribution in [0.5, 0.6) is 0 Å². The van der Waals surface area contributed by atoms with E-state index in [1.807, 2.05) is 6.92 Å². The van der Waals surface area contributed by atoms with Crippen LogP contribution in [0.15, 0.2) is 12.3 Å². The zero-order chi connectivity index (χ0) is 13.5. The van der Waals surface area contributed by atoms with E-state index in [1.165, 1.54) is 0 Å². The van der Waals surface area contributed by atoms with E-state index in [0.29, 0.717) is 6.04 Å². The number of aromatic nitrogens is 2. The normalized spacial score (nSPS) is 13.5. The van der Waals surface area contributed by atoms with Crippen LogP contribution in [-0.2, 0) is 6.54 Å². The molecule has 0 aliphatic carbocycles. The molecule has 0 aliphatic heterocycles. The Bertz CT molecular complexity index is 332. The molecule has 0 radical (unpaired) electrons. The predicted octanol–water partition coefficient (Wildman–Crippen LogP) is 2.45. The van der Waals surface area contributed by atoms with Gasteiger partial charge in [0.15, 0.2) is 0 Å². The summed E-state index contributed by atoms with van der Waals surface area (Å²) in [6.07, 6.45) is 4.90. The number of aliphatic hydroxyl groups is 1. The Balaban J connectivity index is 2.48. The fourth-order valence-electron chi connectivity index (χ4n) is 2.09. The molecule has 0 aromatic carbocycles. The summed E-state index contributed by atoms with van der Waals surface area (Å²) in [6.45, 7) is 7.97. The second kappa shape index (κ2) is 7.54. The summed E-state index contributed by atoms with van der Waals surface area (Å²) in [5.41, 5.74) is 1.11. The molecule has 1 aromatic rings. The molecule has 1 atom stereocenters. The Morgan fingerprint density at radius 3 is 2.61 bits per heavy atom. The van der Waals surface area contributed by atoms with Gasteiger partial charge in [0.2, 0.25) is 0 Å². The summed E-state index contributed by atoms with van der Waals surface area (Å²) in [5.74, 6) is 0. The third-order valence-corrected chi connectivity index (χ3v) is 3.34. The minimum atomic E-state index is -0.227.